The number of aliphatic carboxylic acids is 2. The molecule has 6 N–H and O–H groups in total. The molecule has 2 unspecified atom stereocenters. The lowest BCUT2D eigenvalue weighted by molar-refractivity contribution is -0.149. The Morgan fingerprint density at radius 3 is 2.22 bits per heavy atom. The highest BCUT2D eigenvalue weighted by Gasteiger charge is 2.28. The summed E-state index contributed by atoms with van der Waals surface area (Å²) in [7, 11) is 0. The fourth-order valence-electron chi connectivity index (χ4n) is 2.28. The summed E-state index contributed by atoms with van der Waals surface area (Å²) in [5.41, 5.74) is 1.30. The highest BCUT2D eigenvalue weighted by Crippen LogP contribution is 2.11. The summed E-state index contributed by atoms with van der Waals surface area (Å²) < 4.78 is 0. The maximum Gasteiger partial charge on any atom is 0.309 e. The number of nitrogens with one attached hydrogen (secondary N) is 2. The number of anilines is 1. The topological polar surface area (TPSA) is 171 Å². The van der Waals surface area contributed by atoms with Crippen LogP contribution in [0, 0.1) is 5.92 Å². The van der Waals surface area contributed by atoms with E-state index in [4.69, 9.17) is 16.1 Å². The molecule has 10 heteroatoms. The Bertz CT molecular complexity index is 717. The summed E-state index contributed by atoms with van der Waals surface area (Å²) in [5.74, 6) is 0.273. The Morgan fingerprint density at radius 1 is 1.11 bits per heavy atom. The summed E-state index contributed by atoms with van der Waals surface area (Å²) in [6.45, 7) is 1.41. The molecule has 27 heavy (non-hydrogen) atoms. The SMILES string of the molecule is CC(NC(=O)CCC(=O)Nc1ccc(C=NN)cc1)C(CC(=O)O)C(=O)O. The molecule has 0 aliphatic carbocycles. The van der Waals surface area contributed by atoms with Gasteiger partial charge < -0.3 is 26.7 Å². The van der Waals surface area contributed by atoms with E-state index in [1.165, 1.54) is 13.1 Å². The van der Waals surface area contributed by atoms with Crippen molar-refractivity contribution in [3.8, 4) is 0 Å². The quantitative estimate of drug-likeness (QED) is 0.222. The van der Waals surface area contributed by atoms with Crippen molar-refractivity contribution in [2.24, 2.45) is 16.9 Å². The monoisotopic (exact) mass is 378 g/mol. The van der Waals surface area contributed by atoms with Crippen molar-refractivity contribution < 1.29 is 29.4 Å². The van der Waals surface area contributed by atoms with Gasteiger partial charge in [0.15, 0.2) is 0 Å². The molecule has 2 atom stereocenters. The number of hydrogen-bond acceptors (Lipinski definition) is 6. The Balaban J connectivity index is 2.47. The Hall–Kier alpha value is -3.43. The van der Waals surface area contributed by atoms with E-state index < -0.39 is 42.1 Å². The van der Waals surface area contributed by atoms with E-state index in [-0.39, 0.29) is 12.8 Å². The minimum Gasteiger partial charge on any atom is -0.481 e. The van der Waals surface area contributed by atoms with Gasteiger partial charge in [0.05, 0.1) is 18.6 Å². The second kappa shape index (κ2) is 10.5. The van der Waals surface area contributed by atoms with Crippen LogP contribution in [-0.4, -0.2) is 46.2 Å². The smallest absolute Gasteiger partial charge is 0.309 e. The normalized spacial score (nSPS) is 12.9. The van der Waals surface area contributed by atoms with Gasteiger partial charge in [-0.2, -0.15) is 5.10 Å². The molecular formula is C17H22N4O6. The average molecular weight is 378 g/mol. The second-order valence-electron chi connectivity index (χ2n) is 5.85. The van der Waals surface area contributed by atoms with Gasteiger partial charge in [-0.3, -0.25) is 19.2 Å². The molecule has 10 nitrogen and oxygen atoms in total. The third kappa shape index (κ3) is 7.99. The predicted molar refractivity (Wildman–Crippen MR) is 97.1 cm³/mol. The first-order valence-corrected chi connectivity index (χ1v) is 8.10. The number of hydrogen-bond donors (Lipinski definition) is 5. The summed E-state index contributed by atoms with van der Waals surface area (Å²) >= 11 is 0. The van der Waals surface area contributed by atoms with Crippen LogP contribution >= 0.6 is 0 Å². The van der Waals surface area contributed by atoms with E-state index in [1.54, 1.807) is 24.3 Å². The first-order valence-electron chi connectivity index (χ1n) is 8.10. The average Bonchev–Trinajstić information content (AvgIpc) is 2.59. The van der Waals surface area contributed by atoms with Crippen molar-refractivity contribution in [2.75, 3.05) is 5.32 Å². The van der Waals surface area contributed by atoms with E-state index in [0.717, 1.165) is 5.56 Å². The van der Waals surface area contributed by atoms with Crippen LogP contribution in [0.3, 0.4) is 0 Å². The maximum absolute atomic E-state index is 11.9. The molecule has 0 aliphatic heterocycles. The number of carbonyl (C=O) groups is 4. The fraction of sp³-hybridized carbons (Fsp3) is 0.353. The predicted octanol–water partition coefficient (Wildman–Crippen LogP) is 0.378. The minimum absolute atomic E-state index is 0.110. The molecule has 1 rings (SSSR count). The lowest BCUT2D eigenvalue weighted by Crippen LogP contribution is -2.42. The summed E-state index contributed by atoms with van der Waals surface area (Å²) in [4.78, 5) is 45.6. The molecule has 2 amide bonds. The van der Waals surface area contributed by atoms with Crippen molar-refractivity contribution >= 4 is 35.7 Å². The zero-order valence-electron chi connectivity index (χ0n) is 14.7. The molecule has 0 fully saturated rings. The Kier molecular flexibility index (Phi) is 8.43. The first kappa shape index (κ1) is 21.6. The van der Waals surface area contributed by atoms with Gasteiger partial charge in [0.2, 0.25) is 11.8 Å². The molecule has 0 radical (unpaired) electrons. The van der Waals surface area contributed by atoms with E-state index in [1.807, 2.05) is 0 Å². The van der Waals surface area contributed by atoms with Gasteiger partial charge in [-0.25, -0.2) is 0 Å². The van der Waals surface area contributed by atoms with E-state index in [0.29, 0.717) is 5.69 Å². The number of carbonyl (C=O) groups excluding carboxylic acids is 2. The highest BCUT2D eigenvalue weighted by atomic mass is 16.4. The van der Waals surface area contributed by atoms with Gasteiger partial charge in [0, 0.05) is 24.6 Å². The molecular weight excluding hydrogens is 356 g/mol. The van der Waals surface area contributed by atoms with Gasteiger partial charge in [0.1, 0.15) is 0 Å². The van der Waals surface area contributed by atoms with Gasteiger partial charge >= 0.3 is 11.9 Å². The summed E-state index contributed by atoms with van der Waals surface area (Å²) in [5, 5.41) is 26.2. The second-order valence-corrected chi connectivity index (χ2v) is 5.85. The van der Waals surface area contributed by atoms with Crippen molar-refractivity contribution in [1.29, 1.82) is 0 Å². The number of hydrazone groups is 1. The van der Waals surface area contributed by atoms with Crippen molar-refractivity contribution in [3.05, 3.63) is 29.8 Å². The number of nitrogens with two attached hydrogens (primary N) is 1. The molecule has 1 aromatic carbocycles. The number of carboxylic acids is 2. The number of nitrogens with zero attached hydrogens (tertiary/aromatic N) is 1. The molecule has 0 bridgehead atoms. The summed E-state index contributed by atoms with van der Waals surface area (Å²) in [6.07, 6.45) is 0.572. The molecule has 0 aromatic heterocycles. The zero-order valence-corrected chi connectivity index (χ0v) is 14.7. The molecule has 0 spiro atoms. The lowest BCUT2D eigenvalue weighted by Gasteiger charge is -2.20. The van der Waals surface area contributed by atoms with Crippen molar-refractivity contribution in [3.63, 3.8) is 0 Å². The number of rotatable bonds is 10. The van der Waals surface area contributed by atoms with Crippen molar-refractivity contribution in [2.45, 2.75) is 32.2 Å². The van der Waals surface area contributed by atoms with Gasteiger partial charge in [-0.1, -0.05) is 12.1 Å². The van der Waals surface area contributed by atoms with E-state index >= 15 is 0 Å². The summed E-state index contributed by atoms with van der Waals surface area (Å²) in [6, 6.07) is 5.83. The van der Waals surface area contributed by atoms with E-state index in [9.17, 15) is 19.2 Å². The Morgan fingerprint density at radius 2 is 1.70 bits per heavy atom. The number of carboxylic acid groups (broad SMARTS) is 2. The fourth-order valence-corrected chi connectivity index (χ4v) is 2.28. The van der Waals surface area contributed by atoms with Crippen LogP contribution in [0.15, 0.2) is 29.4 Å². The third-order valence-corrected chi connectivity index (χ3v) is 3.70. The van der Waals surface area contributed by atoms with Crippen LogP contribution in [0.2, 0.25) is 0 Å². The lowest BCUT2D eigenvalue weighted by atomic mass is 9.97. The van der Waals surface area contributed by atoms with Crippen LogP contribution < -0.4 is 16.5 Å². The van der Waals surface area contributed by atoms with Crippen LogP contribution in [0.1, 0.15) is 31.7 Å². The van der Waals surface area contributed by atoms with Crippen LogP contribution in [0.5, 0.6) is 0 Å². The van der Waals surface area contributed by atoms with Gasteiger partial charge in [-0.15, -0.1) is 0 Å². The molecule has 1 aromatic rings. The van der Waals surface area contributed by atoms with Crippen LogP contribution in [0.4, 0.5) is 5.69 Å². The maximum atomic E-state index is 11.9. The standard InChI is InChI=1S/C17H22N4O6/c1-10(13(17(26)27)8-16(24)25)20-14(22)6-7-15(23)21-12-4-2-11(3-5-12)9-19-18/h2-5,9-10,13H,6-8,18H2,1H3,(H,20,22)(H,21,23)(H,24,25)(H,26,27). The van der Waals surface area contributed by atoms with Gasteiger partial charge in [0.25, 0.3) is 0 Å². The molecule has 0 saturated heterocycles. The Labute approximate surface area is 155 Å². The van der Waals surface area contributed by atoms with Crippen molar-refractivity contribution in [1.82, 2.24) is 5.32 Å². The van der Waals surface area contributed by atoms with E-state index in [2.05, 4.69) is 15.7 Å². The molecule has 0 aliphatic rings. The minimum atomic E-state index is -1.31. The highest BCUT2D eigenvalue weighted by molar-refractivity contribution is 5.93. The van der Waals surface area contributed by atoms with Crippen LogP contribution in [0.25, 0.3) is 0 Å². The third-order valence-electron chi connectivity index (χ3n) is 3.70. The zero-order chi connectivity index (χ0) is 20.4. The largest absolute Gasteiger partial charge is 0.481 e. The molecule has 0 saturated carbocycles. The number of benzene rings is 1. The van der Waals surface area contributed by atoms with Crippen LogP contribution in [-0.2, 0) is 19.2 Å². The first-order chi connectivity index (χ1) is 12.7. The number of amides is 2. The van der Waals surface area contributed by atoms with Gasteiger partial charge in [-0.05, 0) is 24.6 Å². The molecule has 146 valence electrons. The molecule has 0 heterocycles.